The van der Waals surface area contributed by atoms with Gasteiger partial charge in [0.05, 0.1) is 0 Å². The van der Waals surface area contributed by atoms with Gasteiger partial charge in [-0.1, -0.05) is 41.9 Å². The van der Waals surface area contributed by atoms with Gasteiger partial charge in [-0.05, 0) is 12.0 Å². The number of aliphatic carboxylic acids is 1. The van der Waals surface area contributed by atoms with Crippen LogP contribution in [-0.4, -0.2) is 23.5 Å². The maximum absolute atomic E-state index is 11.3. The van der Waals surface area contributed by atoms with Gasteiger partial charge in [-0.15, -0.1) is 0 Å². The molecule has 17 heavy (non-hydrogen) atoms. The summed E-state index contributed by atoms with van der Waals surface area (Å²) in [6.07, 6.45) is 1.34. The molecule has 0 spiro atoms. The molecule has 5 heteroatoms. The normalized spacial score (nSPS) is 11.0. The predicted octanol–water partition coefficient (Wildman–Crippen LogP) is 1.55. The molecule has 2 N–H and O–H groups in total. The molecular formula is C12H12ClNO3. The molecule has 0 radical (unpaired) electrons. The van der Waals surface area contributed by atoms with Crippen LogP contribution < -0.4 is 5.32 Å². The summed E-state index contributed by atoms with van der Waals surface area (Å²) in [6.45, 7) is 0.409. The highest BCUT2D eigenvalue weighted by molar-refractivity contribution is 6.43. The molecular weight excluding hydrogens is 242 g/mol. The molecule has 0 atom stereocenters. The summed E-state index contributed by atoms with van der Waals surface area (Å²) in [5.41, 5.74) is 1.09. The van der Waals surface area contributed by atoms with E-state index in [0.29, 0.717) is 19.0 Å². The summed E-state index contributed by atoms with van der Waals surface area (Å²) in [6, 6.07) is 9.62. The molecule has 1 rings (SSSR count). The SMILES string of the molecule is O=C(O)/C=C(/Cl)C(=O)NCCc1ccccc1. The number of rotatable bonds is 5. The highest BCUT2D eigenvalue weighted by Gasteiger charge is 2.07. The Balaban J connectivity index is 2.37. The number of carboxylic acids is 1. The van der Waals surface area contributed by atoms with E-state index < -0.39 is 11.9 Å². The molecule has 0 saturated carbocycles. The summed E-state index contributed by atoms with van der Waals surface area (Å²) in [5.74, 6) is -1.82. The molecule has 90 valence electrons. The Bertz CT molecular complexity index is 429. The van der Waals surface area contributed by atoms with Crippen molar-refractivity contribution in [3.8, 4) is 0 Å². The van der Waals surface area contributed by atoms with Crippen molar-refractivity contribution in [2.24, 2.45) is 0 Å². The Hall–Kier alpha value is -1.81. The monoisotopic (exact) mass is 253 g/mol. The number of amides is 1. The summed E-state index contributed by atoms with van der Waals surface area (Å²) < 4.78 is 0. The smallest absolute Gasteiger partial charge is 0.330 e. The third-order valence-electron chi connectivity index (χ3n) is 2.01. The van der Waals surface area contributed by atoms with Crippen LogP contribution in [0.4, 0.5) is 0 Å². The summed E-state index contributed by atoms with van der Waals surface area (Å²) >= 11 is 5.48. The fourth-order valence-corrected chi connectivity index (χ4v) is 1.38. The standard InChI is InChI=1S/C12H12ClNO3/c13-10(8-11(15)16)12(17)14-7-6-9-4-2-1-3-5-9/h1-5,8H,6-7H2,(H,14,17)(H,15,16)/b10-8+. The van der Waals surface area contributed by atoms with Crippen LogP contribution in [0.3, 0.4) is 0 Å². The molecule has 0 aromatic heterocycles. The van der Waals surface area contributed by atoms with Crippen LogP contribution in [0.15, 0.2) is 41.4 Å². The van der Waals surface area contributed by atoms with Gasteiger partial charge in [0, 0.05) is 12.6 Å². The molecule has 0 bridgehead atoms. The number of carbonyl (C=O) groups is 2. The number of hydrogen-bond acceptors (Lipinski definition) is 2. The number of benzene rings is 1. The largest absolute Gasteiger partial charge is 0.478 e. The average molecular weight is 254 g/mol. The van der Waals surface area contributed by atoms with Crippen molar-refractivity contribution in [3.63, 3.8) is 0 Å². The van der Waals surface area contributed by atoms with Gasteiger partial charge in [0.1, 0.15) is 5.03 Å². The van der Waals surface area contributed by atoms with E-state index in [9.17, 15) is 9.59 Å². The molecule has 4 nitrogen and oxygen atoms in total. The number of hydrogen-bond donors (Lipinski definition) is 2. The lowest BCUT2D eigenvalue weighted by Gasteiger charge is -2.03. The summed E-state index contributed by atoms with van der Waals surface area (Å²) in [7, 11) is 0. The Labute approximate surface area is 104 Å². The van der Waals surface area contributed by atoms with E-state index in [1.54, 1.807) is 0 Å². The van der Waals surface area contributed by atoms with Gasteiger partial charge < -0.3 is 10.4 Å². The Morgan fingerprint density at radius 3 is 2.53 bits per heavy atom. The summed E-state index contributed by atoms with van der Waals surface area (Å²) in [4.78, 5) is 21.6. The first kappa shape index (κ1) is 13.3. The average Bonchev–Trinajstić information content (AvgIpc) is 2.29. The molecule has 0 unspecified atom stereocenters. The van der Waals surface area contributed by atoms with E-state index in [2.05, 4.69) is 5.32 Å². The fraction of sp³-hybridized carbons (Fsp3) is 0.167. The van der Waals surface area contributed by atoms with E-state index in [1.807, 2.05) is 30.3 Å². The molecule has 0 saturated heterocycles. The van der Waals surface area contributed by atoms with Crippen molar-refractivity contribution < 1.29 is 14.7 Å². The van der Waals surface area contributed by atoms with Gasteiger partial charge in [0.15, 0.2) is 0 Å². The molecule has 1 aromatic carbocycles. The number of carbonyl (C=O) groups excluding carboxylic acids is 1. The highest BCUT2D eigenvalue weighted by Crippen LogP contribution is 2.02. The van der Waals surface area contributed by atoms with Gasteiger partial charge in [0.25, 0.3) is 5.91 Å². The molecule has 1 aromatic rings. The minimum atomic E-state index is -1.24. The quantitative estimate of drug-likeness (QED) is 0.783. The van der Waals surface area contributed by atoms with E-state index in [1.165, 1.54) is 0 Å². The third-order valence-corrected chi connectivity index (χ3v) is 2.29. The first-order valence-corrected chi connectivity index (χ1v) is 5.39. The van der Waals surface area contributed by atoms with Crippen LogP contribution in [-0.2, 0) is 16.0 Å². The van der Waals surface area contributed by atoms with Gasteiger partial charge in [-0.2, -0.15) is 0 Å². The minimum Gasteiger partial charge on any atom is -0.478 e. The molecule has 0 aliphatic rings. The maximum atomic E-state index is 11.3. The summed E-state index contributed by atoms with van der Waals surface area (Å²) in [5, 5.41) is 10.6. The van der Waals surface area contributed by atoms with Crippen LogP contribution in [0.2, 0.25) is 0 Å². The third kappa shape index (κ3) is 5.17. The van der Waals surface area contributed by atoms with Crippen molar-refractivity contribution in [1.82, 2.24) is 5.32 Å². The van der Waals surface area contributed by atoms with Crippen molar-refractivity contribution in [3.05, 3.63) is 47.0 Å². The molecule has 0 aliphatic heterocycles. The number of nitrogens with one attached hydrogen (secondary N) is 1. The van der Waals surface area contributed by atoms with Crippen LogP contribution in [0.1, 0.15) is 5.56 Å². The van der Waals surface area contributed by atoms with E-state index in [0.717, 1.165) is 5.56 Å². The second kappa shape index (κ2) is 6.70. The van der Waals surface area contributed by atoms with Gasteiger partial charge in [-0.25, -0.2) is 4.79 Å². The minimum absolute atomic E-state index is 0.328. The van der Waals surface area contributed by atoms with Crippen LogP contribution in [0, 0.1) is 0 Å². The zero-order valence-corrected chi connectivity index (χ0v) is 9.78. The lowest BCUT2D eigenvalue weighted by atomic mass is 10.1. The van der Waals surface area contributed by atoms with Crippen molar-refractivity contribution in [1.29, 1.82) is 0 Å². The van der Waals surface area contributed by atoms with Gasteiger partial charge in [0.2, 0.25) is 0 Å². The maximum Gasteiger partial charge on any atom is 0.330 e. The predicted molar refractivity (Wildman–Crippen MR) is 64.7 cm³/mol. The Morgan fingerprint density at radius 1 is 1.29 bits per heavy atom. The topological polar surface area (TPSA) is 66.4 Å². The van der Waals surface area contributed by atoms with Crippen LogP contribution in [0.25, 0.3) is 0 Å². The number of halogens is 1. The Kier molecular flexibility index (Phi) is 5.23. The van der Waals surface area contributed by atoms with E-state index in [4.69, 9.17) is 16.7 Å². The van der Waals surface area contributed by atoms with Crippen molar-refractivity contribution in [2.45, 2.75) is 6.42 Å². The second-order valence-corrected chi connectivity index (χ2v) is 3.73. The van der Waals surface area contributed by atoms with E-state index >= 15 is 0 Å². The van der Waals surface area contributed by atoms with Gasteiger partial charge >= 0.3 is 5.97 Å². The highest BCUT2D eigenvalue weighted by atomic mass is 35.5. The van der Waals surface area contributed by atoms with Crippen molar-refractivity contribution in [2.75, 3.05) is 6.54 Å². The first-order chi connectivity index (χ1) is 8.09. The second-order valence-electron chi connectivity index (χ2n) is 3.32. The lowest BCUT2D eigenvalue weighted by molar-refractivity contribution is -0.131. The zero-order valence-electron chi connectivity index (χ0n) is 9.02. The Morgan fingerprint density at radius 2 is 1.94 bits per heavy atom. The van der Waals surface area contributed by atoms with Crippen LogP contribution >= 0.6 is 11.6 Å². The van der Waals surface area contributed by atoms with E-state index in [-0.39, 0.29) is 5.03 Å². The molecule has 0 aliphatic carbocycles. The first-order valence-electron chi connectivity index (χ1n) is 5.02. The zero-order chi connectivity index (χ0) is 12.7. The number of carboxylic acid groups (broad SMARTS) is 1. The van der Waals surface area contributed by atoms with Crippen LogP contribution in [0.5, 0.6) is 0 Å². The fourth-order valence-electron chi connectivity index (χ4n) is 1.22. The molecule has 1 amide bonds. The van der Waals surface area contributed by atoms with Gasteiger partial charge in [-0.3, -0.25) is 4.79 Å². The lowest BCUT2D eigenvalue weighted by Crippen LogP contribution is -2.26. The molecule has 0 heterocycles. The van der Waals surface area contributed by atoms with Crippen molar-refractivity contribution >= 4 is 23.5 Å². The molecule has 0 fully saturated rings.